The van der Waals surface area contributed by atoms with Gasteiger partial charge in [0.1, 0.15) is 0 Å². The minimum absolute atomic E-state index is 0.244. The summed E-state index contributed by atoms with van der Waals surface area (Å²) in [5.41, 5.74) is 0.701. The summed E-state index contributed by atoms with van der Waals surface area (Å²) in [6.45, 7) is 4.53. The summed E-state index contributed by atoms with van der Waals surface area (Å²) in [7, 11) is -3.28. The van der Waals surface area contributed by atoms with Gasteiger partial charge in [0.15, 0.2) is 0 Å². The van der Waals surface area contributed by atoms with E-state index >= 15 is 0 Å². The number of hydrogen-bond donors (Lipinski definition) is 1. The maximum absolute atomic E-state index is 12.5. The van der Waals surface area contributed by atoms with Gasteiger partial charge in [-0.3, -0.25) is 0 Å². The molecule has 0 saturated heterocycles. The predicted octanol–water partition coefficient (Wildman–Crippen LogP) is 2.25. The van der Waals surface area contributed by atoms with Gasteiger partial charge < -0.3 is 0 Å². The second-order valence-corrected chi connectivity index (χ2v) is 9.23. The molecular formula is C15H26N4O2S. The van der Waals surface area contributed by atoms with Crippen LogP contribution in [0, 0.1) is 11.8 Å². The van der Waals surface area contributed by atoms with Crippen LogP contribution in [-0.4, -0.2) is 28.7 Å². The van der Waals surface area contributed by atoms with Crippen molar-refractivity contribution in [2.75, 3.05) is 0 Å². The first kappa shape index (κ1) is 15.9. The zero-order valence-corrected chi connectivity index (χ0v) is 14.2. The molecule has 22 heavy (non-hydrogen) atoms. The van der Waals surface area contributed by atoms with Crippen LogP contribution in [0.3, 0.4) is 0 Å². The summed E-state index contributed by atoms with van der Waals surface area (Å²) in [6, 6.07) is 0.456. The summed E-state index contributed by atoms with van der Waals surface area (Å²) in [5.74, 6) is 0.953. The number of nitrogens with one attached hydrogen (secondary N) is 1. The van der Waals surface area contributed by atoms with Crippen molar-refractivity contribution in [3.05, 3.63) is 11.9 Å². The molecule has 7 heteroatoms. The third-order valence-corrected chi connectivity index (χ3v) is 6.84. The number of sulfonamides is 1. The normalized spacial score (nSPS) is 30.2. The monoisotopic (exact) mass is 326 g/mol. The van der Waals surface area contributed by atoms with Gasteiger partial charge in [0, 0.05) is 0 Å². The van der Waals surface area contributed by atoms with Crippen LogP contribution in [-0.2, 0) is 16.6 Å². The molecule has 3 rings (SSSR count). The van der Waals surface area contributed by atoms with Crippen molar-refractivity contribution in [2.45, 2.75) is 70.2 Å². The number of rotatable bonds is 5. The lowest BCUT2D eigenvalue weighted by Crippen LogP contribution is -2.38. The van der Waals surface area contributed by atoms with Gasteiger partial charge in [-0.15, -0.1) is 5.10 Å². The molecule has 0 radical (unpaired) electrons. The molecule has 2 atom stereocenters. The Hall–Kier alpha value is -0.950. The van der Waals surface area contributed by atoms with Crippen molar-refractivity contribution in [1.82, 2.24) is 19.7 Å². The third-order valence-electron chi connectivity index (χ3n) is 5.04. The largest absolute Gasteiger partial charge is 0.249 e. The number of aromatic nitrogens is 3. The minimum atomic E-state index is -3.28. The molecular weight excluding hydrogens is 300 g/mol. The second kappa shape index (κ2) is 6.28. The highest BCUT2D eigenvalue weighted by Gasteiger charge is 2.33. The quantitative estimate of drug-likeness (QED) is 0.900. The standard InChI is InChI=1S/C15H26N4O2S/c1-11-6-12(2)8-15(7-11)22(20,21)16-9-13-10-19(18-17-13)14-4-3-5-14/h10-12,14-16H,3-9H2,1-2H3. The van der Waals surface area contributed by atoms with Crippen LogP contribution >= 0.6 is 0 Å². The Balaban J connectivity index is 1.58. The average molecular weight is 326 g/mol. The molecule has 0 amide bonds. The first-order valence-corrected chi connectivity index (χ1v) is 9.88. The molecule has 1 heterocycles. The molecule has 2 aliphatic carbocycles. The first-order valence-electron chi connectivity index (χ1n) is 8.33. The maximum atomic E-state index is 12.5. The summed E-state index contributed by atoms with van der Waals surface area (Å²) in [4.78, 5) is 0. The Morgan fingerprint density at radius 3 is 2.50 bits per heavy atom. The van der Waals surface area contributed by atoms with Crippen LogP contribution in [0.2, 0.25) is 0 Å². The lowest BCUT2D eigenvalue weighted by atomic mass is 9.83. The van der Waals surface area contributed by atoms with E-state index in [9.17, 15) is 8.42 Å². The van der Waals surface area contributed by atoms with Crippen LogP contribution in [0.5, 0.6) is 0 Å². The van der Waals surface area contributed by atoms with Crippen LogP contribution < -0.4 is 4.72 Å². The fourth-order valence-corrected chi connectivity index (χ4v) is 5.39. The van der Waals surface area contributed by atoms with Crippen molar-refractivity contribution in [3.8, 4) is 0 Å². The summed E-state index contributed by atoms with van der Waals surface area (Å²) < 4.78 is 29.6. The fourth-order valence-electron chi connectivity index (χ4n) is 3.64. The molecule has 0 aliphatic heterocycles. The van der Waals surface area contributed by atoms with Crippen LogP contribution in [0.15, 0.2) is 6.20 Å². The highest BCUT2D eigenvalue weighted by molar-refractivity contribution is 7.90. The Kier molecular flexibility index (Phi) is 4.54. The van der Waals surface area contributed by atoms with Gasteiger partial charge in [-0.1, -0.05) is 19.1 Å². The molecule has 1 N–H and O–H groups in total. The zero-order chi connectivity index (χ0) is 15.7. The van der Waals surface area contributed by atoms with Gasteiger partial charge in [-0.25, -0.2) is 17.8 Å². The first-order chi connectivity index (χ1) is 10.4. The Bertz CT molecular complexity index is 599. The van der Waals surface area contributed by atoms with E-state index in [1.807, 2.05) is 10.9 Å². The van der Waals surface area contributed by atoms with Gasteiger partial charge in [-0.05, 0) is 50.4 Å². The molecule has 124 valence electrons. The molecule has 1 aromatic rings. The molecule has 6 nitrogen and oxygen atoms in total. The molecule has 2 fully saturated rings. The van der Waals surface area contributed by atoms with Gasteiger partial charge in [0.05, 0.1) is 29.7 Å². The zero-order valence-electron chi connectivity index (χ0n) is 13.4. The van der Waals surface area contributed by atoms with E-state index < -0.39 is 10.0 Å². The van der Waals surface area contributed by atoms with Gasteiger partial charge >= 0.3 is 0 Å². The van der Waals surface area contributed by atoms with E-state index in [0.717, 1.165) is 32.1 Å². The molecule has 0 aromatic carbocycles. The van der Waals surface area contributed by atoms with Crippen molar-refractivity contribution >= 4 is 10.0 Å². The van der Waals surface area contributed by atoms with Crippen LogP contribution in [0.4, 0.5) is 0 Å². The number of nitrogens with zero attached hydrogens (tertiary/aromatic N) is 3. The van der Waals surface area contributed by atoms with E-state index in [1.54, 1.807) is 0 Å². The van der Waals surface area contributed by atoms with Crippen molar-refractivity contribution < 1.29 is 8.42 Å². The second-order valence-electron chi connectivity index (χ2n) is 7.18. The summed E-state index contributed by atoms with van der Waals surface area (Å²) in [5, 5.41) is 7.92. The van der Waals surface area contributed by atoms with Crippen LogP contribution in [0.25, 0.3) is 0 Å². The number of hydrogen-bond acceptors (Lipinski definition) is 4. The average Bonchev–Trinajstić information content (AvgIpc) is 2.82. The minimum Gasteiger partial charge on any atom is -0.249 e. The lowest BCUT2D eigenvalue weighted by Gasteiger charge is -2.31. The van der Waals surface area contributed by atoms with E-state index in [4.69, 9.17) is 0 Å². The van der Waals surface area contributed by atoms with Gasteiger partial charge in [-0.2, -0.15) is 0 Å². The molecule has 0 bridgehead atoms. The molecule has 2 saturated carbocycles. The Labute approximate surface area is 132 Å². The highest BCUT2D eigenvalue weighted by Crippen LogP contribution is 2.32. The molecule has 0 spiro atoms. The van der Waals surface area contributed by atoms with Crippen molar-refractivity contribution in [3.63, 3.8) is 0 Å². The molecule has 1 aromatic heterocycles. The van der Waals surface area contributed by atoms with Crippen molar-refractivity contribution in [1.29, 1.82) is 0 Å². The van der Waals surface area contributed by atoms with E-state index in [-0.39, 0.29) is 11.8 Å². The maximum Gasteiger partial charge on any atom is 0.214 e. The van der Waals surface area contributed by atoms with E-state index in [2.05, 4.69) is 28.9 Å². The predicted molar refractivity (Wildman–Crippen MR) is 84.6 cm³/mol. The SMILES string of the molecule is CC1CC(C)CC(S(=O)(=O)NCc2cn(C3CCC3)nn2)C1. The van der Waals surface area contributed by atoms with E-state index in [1.165, 1.54) is 6.42 Å². The summed E-state index contributed by atoms with van der Waals surface area (Å²) >= 11 is 0. The lowest BCUT2D eigenvalue weighted by molar-refractivity contribution is 0.284. The summed E-state index contributed by atoms with van der Waals surface area (Å²) in [6.07, 6.45) is 8.05. The highest BCUT2D eigenvalue weighted by atomic mass is 32.2. The smallest absolute Gasteiger partial charge is 0.214 e. The molecule has 2 unspecified atom stereocenters. The Morgan fingerprint density at radius 1 is 1.23 bits per heavy atom. The molecule has 2 aliphatic rings. The third kappa shape index (κ3) is 3.51. The Morgan fingerprint density at radius 2 is 1.91 bits per heavy atom. The topological polar surface area (TPSA) is 76.9 Å². The fraction of sp³-hybridized carbons (Fsp3) is 0.867. The van der Waals surface area contributed by atoms with E-state index in [0.29, 0.717) is 23.6 Å². The van der Waals surface area contributed by atoms with Crippen LogP contribution in [0.1, 0.15) is 64.1 Å². The van der Waals surface area contributed by atoms with Gasteiger partial charge in [0.25, 0.3) is 0 Å². The van der Waals surface area contributed by atoms with Gasteiger partial charge in [0.2, 0.25) is 10.0 Å². The van der Waals surface area contributed by atoms with Crippen molar-refractivity contribution in [2.24, 2.45) is 11.8 Å².